The van der Waals surface area contributed by atoms with E-state index in [0.29, 0.717) is 5.56 Å². The van der Waals surface area contributed by atoms with Crippen LogP contribution >= 0.6 is 27.5 Å². The summed E-state index contributed by atoms with van der Waals surface area (Å²) in [5.74, 6) is -0.0196. The van der Waals surface area contributed by atoms with Crippen LogP contribution in [0.5, 0.6) is 0 Å². The predicted molar refractivity (Wildman–Crippen MR) is 63.2 cm³/mol. The van der Waals surface area contributed by atoms with Crippen LogP contribution in [-0.4, -0.2) is 11.2 Å². The summed E-state index contributed by atoms with van der Waals surface area (Å²) in [5.41, 5.74) is 1.82. The second-order valence-electron chi connectivity index (χ2n) is 3.14. The van der Waals surface area contributed by atoms with Crippen molar-refractivity contribution >= 4 is 33.3 Å². The Morgan fingerprint density at radius 3 is 2.71 bits per heavy atom. The molecule has 0 aliphatic heterocycles. The third-order valence-electron chi connectivity index (χ3n) is 2.07. The summed E-state index contributed by atoms with van der Waals surface area (Å²) in [6.07, 6.45) is 0.901. The molecular weight excluding hydrogens is 263 g/mol. The van der Waals surface area contributed by atoms with E-state index in [4.69, 9.17) is 11.6 Å². The molecule has 0 N–H and O–H groups in total. The Balaban J connectivity index is 3.06. The Labute approximate surface area is 97.6 Å². The number of rotatable bonds is 3. The summed E-state index contributed by atoms with van der Waals surface area (Å²) in [6.45, 7) is 3.75. The second kappa shape index (κ2) is 4.94. The number of alkyl halides is 1. The quantitative estimate of drug-likeness (QED) is 0.605. The van der Waals surface area contributed by atoms with Gasteiger partial charge in [-0.25, -0.2) is 0 Å². The van der Waals surface area contributed by atoms with Gasteiger partial charge in [-0.3, -0.25) is 4.79 Å². The largest absolute Gasteiger partial charge is 0.293 e. The molecule has 3 heteroatoms. The van der Waals surface area contributed by atoms with Crippen LogP contribution in [0.15, 0.2) is 22.7 Å². The molecule has 0 saturated heterocycles. The average Bonchev–Trinajstić information content (AvgIpc) is 2.17. The lowest BCUT2D eigenvalue weighted by atomic mass is 10.0. The van der Waals surface area contributed by atoms with E-state index >= 15 is 0 Å². The van der Waals surface area contributed by atoms with Gasteiger partial charge in [-0.2, -0.15) is 0 Å². The molecule has 0 spiro atoms. The number of halogens is 2. The molecule has 1 aromatic rings. The van der Waals surface area contributed by atoms with Crippen LogP contribution in [0.4, 0.5) is 0 Å². The molecule has 1 nitrogen and oxygen atoms in total. The Morgan fingerprint density at radius 2 is 2.21 bits per heavy atom. The first-order valence-electron chi connectivity index (χ1n) is 4.53. The molecular formula is C11H12BrClO. The van der Waals surface area contributed by atoms with E-state index in [9.17, 15) is 4.79 Å². The minimum Gasteiger partial charge on any atom is -0.293 e. The van der Waals surface area contributed by atoms with Crippen LogP contribution in [0.25, 0.3) is 0 Å². The van der Waals surface area contributed by atoms with Gasteiger partial charge in [-0.15, -0.1) is 11.6 Å². The fourth-order valence-corrected chi connectivity index (χ4v) is 1.88. The van der Waals surface area contributed by atoms with Gasteiger partial charge in [-0.05, 0) is 31.0 Å². The van der Waals surface area contributed by atoms with Crippen LogP contribution in [0.3, 0.4) is 0 Å². The van der Waals surface area contributed by atoms with Crippen LogP contribution < -0.4 is 0 Å². The number of aryl methyl sites for hydroxylation is 1. The van der Waals surface area contributed by atoms with E-state index < -0.39 is 5.38 Å². The minimum absolute atomic E-state index is 0.0196. The molecule has 1 aromatic carbocycles. The van der Waals surface area contributed by atoms with Crippen LogP contribution in [-0.2, 0) is 6.42 Å². The molecule has 14 heavy (non-hydrogen) atoms. The fourth-order valence-electron chi connectivity index (χ4n) is 1.23. The van der Waals surface area contributed by atoms with Crippen molar-refractivity contribution in [1.29, 1.82) is 0 Å². The van der Waals surface area contributed by atoms with Crippen LogP contribution in [0, 0.1) is 0 Å². The van der Waals surface area contributed by atoms with E-state index in [-0.39, 0.29) is 5.78 Å². The lowest BCUT2D eigenvalue weighted by Crippen LogP contribution is -2.10. The highest BCUT2D eigenvalue weighted by Gasteiger charge is 2.12. The maximum atomic E-state index is 11.6. The van der Waals surface area contributed by atoms with Crippen molar-refractivity contribution in [1.82, 2.24) is 0 Å². The van der Waals surface area contributed by atoms with Gasteiger partial charge < -0.3 is 0 Å². The zero-order valence-corrected chi connectivity index (χ0v) is 10.5. The molecule has 0 fully saturated rings. The van der Waals surface area contributed by atoms with Gasteiger partial charge in [0.15, 0.2) is 5.78 Å². The third-order valence-corrected chi connectivity index (χ3v) is 3.04. The first-order chi connectivity index (χ1) is 6.56. The highest BCUT2D eigenvalue weighted by Crippen LogP contribution is 2.20. The lowest BCUT2D eigenvalue weighted by molar-refractivity contribution is 0.0991. The summed E-state index contributed by atoms with van der Waals surface area (Å²) in [4.78, 5) is 11.6. The van der Waals surface area contributed by atoms with Gasteiger partial charge >= 0.3 is 0 Å². The second-order valence-corrected chi connectivity index (χ2v) is 4.65. The number of ketones is 1. The Bertz CT molecular complexity index is 347. The van der Waals surface area contributed by atoms with Crippen molar-refractivity contribution in [2.75, 3.05) is 0 Å². The molecule has 0 amide bonds. The first-order valence-corrected chi connectivity index (χ1v) is 5.76. The van der Waals surface area contributed by atoms with E-state index in [0.717, 1.165) is 16.5 Å². The summed E-state index contributed by atoms with van der Waals surface area (Å²) in [6, 6.07) is 5.58. The van der Waals surface area contributed by atoms with Crippen LogP contribution in [0.2, 0.25) is 0 Å². The predicted octanol–water partition coefficient (Wildman–Crippen LogP) is 3.82. The Morgan fingerprint density at radius 1 is 1.57 bits per heavy atom. The summed E-state index contributed by atoms with van der Waals surface area (Å²) in [5, 5.41) is -0.458. The normalized spacial score (nSPS) is 12.6. The van der Waals surface area contributed by atoms with Gasteiger partial charge in [0, 0.05) is 10.0 Å². The number of carbonyl (C=O) groups excluding carboxylic acids is 1. The van der Waals surface area contributed by atoms with Crippen molar-refractivity contribution in [3.05, 3.63) is 33.8 Å². The summed E-state index contributed by atoms with van der Waals surface area (Å²) in [7, 11) is 0. The first kappa shape index (κ1) is 11.7. The molecule has 0 radical (unpaired) electrons. The van der Waals surface area contributed by atoms with Gasteiger partial charge in [0.25, 0.3) is 0 Å². The molecule has 0 aromatic heterocycles. The van der Waals surface area contributed by atoms with Gasteiger partial charge in [0.2, 0.25) is 0 Å². The number of hydrogen-bond donors (Lipinski definition) is 0. The van der Waals surface area contributed by atoms with Crippen molar-refractivity contribution in [3.63, 3.8) is 0 Å². The number of benzene rings is 1. The summed E-state index contributed by atoms with van der Waals surface area (Å²) >= 11 is 9.17. The topological polar surface area (TPSA) is 17.1 Å². The molecule has 1 atom stereocenters. The SMILES string of the molecule is CCc1cc(C(=O)C(C)Cl)ccc1Br. The minimum atomic E-state index is -0.458. The Hall–Kier alpha value is -0.340. The van der Waals surface area contributed by atoms with E-state index in [2.05, 4.69) is 22.9 Å². The number of Topliss-reactive ketones (excluding diaryl/α,β-unsaturated/α-hetero) is 1. The fraction of sp³-hybridized carbons (Fsp3) is 0.364. The van der Waals surface area contributed by atoms with E-state index in [1.807, 2.05) is 12.1 Å². The van der Waals surface area contributed by atoms with E-state index in [1.165, 1.54) is 0 Å². The van der Waals surface area contributed by atoms with Crippen molar-refractivity contribution in [3.8, 4) is 0 Å². The van der Waals surface area contributed by atoms with Gasteiger partial charge in [-0.1, -0.05) is 28.9 Å². The Kier molecular flexibility index (Phi) is 4.14. The summed E-state index contributed by atoms with van der Waals surface area (Å²) < 4.78 is 1.04. The van der Waals surface area contributed by atoms with Crippen molar-refractivity contribution in [2.24, 2.45) is 0 Å². The molecule has 0 bridgehead atoms. The van der Waals surface area contributed by atoms with E-state index in [1.54, 1.807) is 13.0 Å². The zero-order chi connectivity index (χ0) is 10.7. The average molecular weight is 276 g/mol. The van der Waals surface area contributed by atoms with Gasteiger partial charge in [0.05, 0.1) is 5.38 Å². The maximum Gasteiger partial charge on any atom is 0.180 e. The third kappa shape index (κ3) is 2.58. The number of hydrogen-bond acceptors (Lipinski definition) is 1. The molecule has 0 aliphatic carbocycles. The molecule has 0 heterocycles. The molecule has 0 saturated carbocycles. The zero-order valence-electron chi connectivity index (χ0n) is 8.18. The lowest BCUT2D eigenvalue weighted by Gasteiger charge is -2.06. The van der Waals surface area contributed by atoms with Gasteiger partial charge in [0.1, 0.15) is 0 Å². The smallest absolute Gasteiger partial charge is 0.180 e. The van der Waals surface area contributed by atoms with Crippen molar-refractivity contribution < 1.29 is 4.79 Å². The molecule has 1 unspecified atom stereocenters. The standard InChI is InChI=1S/C11H12BrClO/c1-3-8-6-9(4-5-10(8)12)11(14)7(2)13/h4-7H,3H2,1-2H3. The number of carbonyl (C=O) groups is 1. The molecule has 0 aliphatic rings. The highest BCUT2D eigenvalue weighted by molar-refractivity contribution is 9.10. The highest BCUT2D eigenvalue weighted by atomic mass is 79.9. The van der Waals surface area contributed by atoms with Crippen LogP contribution in [0.1, 0.15) is 29.8 Å². The molecule has 76 valence electrons. The monoisotopic (exact) mass is 274 g/mol. The molecule has 1 rings (SSSR count). The van der Waals surface area contributed by atoms with Crippen molar-refractivity contribution in [2.45, 2.75) is 25.6 Å². The maximum absolute atomic E-state index is 11.6.